The van der Waals surface area contributed by atoms with E-state index in [4.69, 9.17) is 0 Å². The zero-order chi connectivity index (χ0) is 37.3. The zero-order valence-corrected chi connectivity index (χ0v) is 35.3. The van der Waals surface area contributed by atoms with Crippen LogP contribution in [0.15, 0.2) is 0 Å². The Bertz CT molecular complexity index is 701. The van der Waals surface area contributed by atoms with Crippen molar-refractivity contribution in [2.45, 2.75) is 284 Å². The maximum atomic E-state index is 11.1. The molecular formula is C48H92O3. The lowest BCUT2D eigenvalue weighted by atomic mass is 9.89. The molecule has 0 heterocycles. The molecule has 0 saturated carbocycles. The van der Waals surface area contributed by atoms with Gasteiger partial charge in [-0.15, -0.1) is 0 Å². The first-order valence-electron chi connectivity index (χ1n) is 23.4. The highest BCUT2D eigenvalue weighted by Gasteiger charge is 2.09. The van der Waals surface area contributed by atoms with Crippen LogP contribution >= 0.6 is 0 Å². The molecule has 0 aromatic carbocycles. The number of ketones is 3. The summed E-state index contributed by atoms with van der Waals surface area (Å²) in [5, 5.41) is 0. The molecule has 0 aromatic heterocycles. The van der Waals surface area contributed by atoms with Crippen molar-refractivity contribution in [3.8, 4) is 0 Å². The molecule has 0 bridgehead atoms. The van der Waals surface area contributed by atoms with Gasteiger partial charge in [-0.25, -0.2) is 0 Å². The lowest BCUT2D eigenvalue weighted by Crippen LogP contribution is -2.01. The van der Waals surface area contributed by atoms with Crippen LogP contribution in [-0.4, -0.2) is 17.3 Å². The van der Waals surface area contributed by atoms with Crippen LogP contribution in [0.1, 0.15) is 284 Å². The van der Waals surface area contributed by atoms with Crippen LogP contribution in [0.5, 0.6) is 0 Å². The summed E-state index contributed by atoms with van der Waals surface area (Å²) in [6.45, 7) is 5.14. The summed E-state index contributed by atoms with van der Waals surface area (Å²) in [5.74, 6) is 2.01. The van der Waals surface area contributed by atoms with E-state index in [-0.39, 0.29) is 0 Å². The highest BCUT2D eigenvalue weighted by Crippen LogP contribution is 2.25. The van der Waals surface area contributed by atoms with Crippen molar-refractivity contribution >= 4 is 17.3 Å². The molecule has 302 valence electrons. The third kappa shape index (κ3) is 45.1. The second kappa shape index (κ2) is 41.8. The van der Waals surface area contributed by atoms with Crippen molar-refractivity contribution in [2.75, 3.05) is 0 Å². The molecule has 3 nitrogen and oxygen atoms in total. The average molecular weight is 717 g/mol. The molecule has 0 N–H and O–H groups in total. The highest BCUT2D eigenvalue weighted by atomic mass is 16.1. The summed E-state index contributed by atoms with van der Waals surface area (Å²) < 4.78 is 0. The first-order chi connectivity index (χ1) is 24.9. The van der Waals surface area contributed by atoms with E-state index < -0.39 is 0 Å². The molecule has 3 heteroatoms. The summed E-state index contributed by atoms with van der Waals surface area (Å²) in [5.41, 5.74) is 0. The van der Waals surface area contributed by atoms with Gasteiger partial charge in [0.05, 0.1) is 0 Å². The molecule has 0 fully saturated rings. The van der Waals surface area contributed by atoms with E-state index in [1.165, 1.54) is 225 Å². The molecule has 0 unspecified atom stereocenters. The van der Waals surface area contributed by atoms with Gasteiger partial charge in [-0.05, 0) is 46.0 Å². The van der Waals surface area contributed by atoms with Crippen LogP contribution in [0.25, 0.3) is 0 Å². The summed E-state index contributed by atoms with van der Waals surface area (Å²) in [6, 6.07) is 0. The molecule has 0 rings (SSSR count). The minimum atomic E-state index is 0.346. The van der Waals surface area contributed by atoms with Gasteiger partial charge >= 0.3 is 0 Å². The Morgan fingerprint density at radius 3 is 0.529 bits per heavy atom. The SMILES string of the molecule is CC(=O)CCCCCCCCCCCCCCC(CCCCCCCCCCCCCCC(C)=O)CCCCCCCCCCCCCC(C)=O. The van der Waals surface area contributed by atoms with Gasteiger partial charge in [0.25, 0.3) is 0 Å². The number of carbonyl (C=O) groups excluding carboxylic acids is 3. The van der Waals surface area contributed by atoms with E-state index in [0.717, 1.165) is 44.4 Å². The van der Waals surface area contributed by atoms with Crippen LogP contribution in [0, 0.1) is 5.92 Å². The fourth-order valence-electron chi connectivity index (χ4n) is 7.98. The Morgan fingerprint density at radius 1 is 0.235 bits per heavy atom. The first kappa shape index (κ1) is 50.0. The Labute approximate surface area is 320 Å². The topological polar surface area (TPSA) is 51.2 Å². The fraction of sp³-hybridized carbons (Fsp3) is 0.938. The lowest BCUT2D eigenvalue weighted by molar-refractivity contribution is -0.117. The number of Topliss-reactive ketones (excluding diaryl/α,β-unsaturated/α-hetero) is 3. The third-order valence-corrected chi connectivity index (χ3v) is 11.4. The number of rotatable bonds is 44. The van der Waals surface area contributed by atoms with Gasteiger partial charge in [-0.3, -0.25) is 0 Å². The standard InChI is InChI=1S/C48H92O3/c1-45(49)39-33-27-21-15-9-4-6-12-18-24-30-36-42-48(44-38-32-26-20-14-8-11-17-23-29-35-41-47(3)51)43-37-31-25-19-13-7-5-10-16-22-28-34-40-46(2)50/h48H,4-44H2,1-3H3. The Balaban J connectivity index is 3.97. The van der Waals surface area contributed by atoms with E-state index in [9.17, 15) is 14.4 Å². The smallest absolute Gasteiger partial charge is 0.129 e. The van der Waals surface area contributed by atoms with Crippen molar-refractivity contribution in [1.82, 2.24) is 0 Å². The van der Waals surface area contributed by atoms with E-state index in [1.54, 1.807) is 20.8 Å². The molecule has 0 aliphatic carbocycles. The van der Waals surface area contributed by atoms with Crippen molar-refractivity contribution in [2.24, 2.45) is 5.92 Å². The van der Waals surface area contributed by atoms with Crippen molar-refractivity contribution in [3.63, 3.8) is 0 Å². The van der Waals surface area contributed by atoms with E-state index in [2.05, 4.69) is 0 Å². The Hall–Kier alpha value is -0.990. The van der Waals surface area contributed by atoms with Gasteiger partial charge in [-0.2, -0.15) is 0 Å². The monoisotopic (exact) mass is 717 g/mol. The molecule has 0 saturated heterocycles. The zero-order valence-electron chi connectivity index (χ0n) is 35.3. The predicted octanol–water partition coefficient (Wildman–Crippen LogP) is 16.4. The maximum absolute atomic E-state index is 11.1. The summed E-state index contributed by atoms with van der Waals surface area (Å²) in [6.07, 6.45) is 54.5. The van der Waals surface area contributed by atoms with E-state index in [1.807, 2.05) is 0 Å². The highest BCUT2D eigenvalue weighted by molar-refractivity contribution is 5.75. The van der Waals surface area contributed by atoms with Crippen LogP contribution in [0.4, 0.5) is 0 Å². The van der Waals surface area contributed by atoms with Gasteiger partial charge in [0.15, 0.2) is 0 Å². The van der Waals surface area contributed by atoms with Crippen LogP contribution < -0.4 is 0 Å². The Kier molecular flexibility index (Phi) is 41.0. The first-order valence-corrected chi connectivity index (χ1v) is 23.4. The quantitative estimate of drug-likeness (QED) is 0.0590. The molecule has 0 aliphatic rings. The molecule has 0 aliphatic heterocycles. The normalized spacial score (nSPS) is 11.5. The largest absolute Gasteiger partial charge is 0.300 e. The number of unbranched alkanes of at least 4 members (excludes halogenated alkanes) is 32. The van der Waals surface area contributed by atoms with E-state index in [0.29, 0.717) is 17.3 Å². The number of hydrogen-bond acceptors (Lipinski definition) is 3. The molecule has 0 aromatic rings. The lowest BCUT2D eigenvalue weighted by Gasteiger charge is -2.17. The second-order valence-corrected chi connectivity index (χ2v) is 17.0. The minimum absolute atomic E-state index is 0.346. The molecule has 0 atom stereocenters. The van der Waals surface area contributed by atoms with Gasteiger partial charge in [0, 0.05) is 19.3 Å². The molecule has 0 radical (unpaired) electrons. The van der Waals surface area contributed by atoms with E-state index >= 15 is 0 Å². The van der Waals surface area contributed by atoms with Gasteiger partial charge < -0.3 is 14.4 Å². The third-order valence-electron chi connectivity index (χ3n) is 11.4. The van der Waals surface area contributed by atoms with Crippen molar-refractivity contribution < 1.29 is 14.4 Å². The van der Waals surface area contributed by atoms with Crippen molar-refractivity contribution in [3.05, 3.63) is 0 Å². The Morgan fingerprint density at radius 2 is 0.373 bits per heavy atom. The van der Waals surface area contributed by atoms with Crippen molar-refractivity contribution in [1.29, 1.82) is 0 Å². The fourth-order valence-corrected chi connectivity index (χ4v) is 7.98. The van der Waals surface area contributed by atoms with Gasteiger partial charge in [0.2, 0.25) is 0 Å². The average Bonchev–Trinajstić information content (AvgIpc) is 3.09. The van der Waals surface area contributed by atoms with Crippen LogP contribution in [0.2, 0.25) is 0 Å². The van der Waals surface area contributed by atoms with Crippen LogP contribution in [-0.2, 0) is 14.4 Å². The van der Waals surface area contributed by atoms with Crippen LogP contribution in [0.3, 0.4) is 0 Å². The summed E-state index contributed by atoms with van der Waals surface area (Å²) >= 11 is 0. The molecule has 0 amide bonds. The number of carbonyl (C=O) groups is 3. The van der Waals surface area contributed by atoms with Gasteiger partial charge in [-0.1, -0.05) is 225 Å². The predicted molar refractivity (Wildman–Crippen MR) is 225 cm³/mol. The summed E-state index contributed by atoms with van der Waals surface area (Å²) in [7, 11) is 0. The molecule has 0 spiro atoms. The second-order valence-electron chi connectivity index (χ2n) is 17.0. The van der Waals surface area contributed by atoms with Gasteiger partial charge in [0.1, 0.15) is 17.3 Å². The summed E-state index contributed by atoms with van der Waals surface area (Å²) in [4.78, 5) is 33.1. The molecule has 51 heavy (non-hydrogen) atoms. The number of hydrogen-bond donors (Lipinski definition) is 0. The minimum Gasteiger partial charge on any atom is -0.300 e. The maximum Gasteiger partial charge on any atom is 0.129 e. The molecular weight excluding hydrogens is 625 g/mol.